The van der Waals surface area contributed by atoms with E-state index < -0.39 is 0 Å². The van der Waals surface area contributed by atoms with Crippen LogP contribution in [0.2, 0.25) is 0 Å². The molecule has 1 amide bonds. The van der Waals surface area contributed by atoms with Crippen LogP contribution in [0.5, 0.6) is 0 Å². The maximum Gasteiger partial charge on any atom is 0.255 e. The maximum absolute atomic E-state index is 12.7. The molecule has 0 radical (unpaired) electrons. The van der Waals surface area contributed by atoms with E-state index in [0.29, 0.717) is 28.2 Å². The summed E-state index contributed by atoms with van der Waals surface area (Å²) in [6.45, 7) is 0. The van der Waals surface area contributed by atoms with Gasteiger partial charge in [-0.05, 0) is 41.5 Å². The second-order valence-corrected chi connectivity index (χ2v) is 6.84. The van der Waals surface area contributed by atoms with Crippen LogP contribution in [0.3, 0.4) is 0 Å². The SMILES string of the molecule is O=C(Nc1cccc(-c2nc3cnccc3o2)c1)c1ccc(-c2ccccc2)cc1. The van der Waals surface area contributed by atoms with Gasteiger partial charge in [-0.15, -0.1) is 0 Å². The Balaban J connectivity index is 1.35. The summed E-state index contributed by atoms with van der Waals surface area (Å²) < 4.78 is 5.79. The minimum Gasteiger partial charge on any atom is -0.436 e. The normalized spacial score (nSPS) is 10.8. The molecule has 0 bridgehead atoms. The summed E-state index contributed by atoms with van der Waals surface area (Å²) in [5, 5.41) is 2.94. The molecule has 0 saturated carbocycles. The second kappa shape index (κ2) is 7.64. The molecule has 2 heterocycles. The molecule has 0 spiro atoms. The summed E-state index contributed by atoms with van der Waals surface area (Å²) in [5.74, 6) is 0.315. The zero-order valence-electron chi connectivity index (χ0n) is 15.9. The largest absolute Gasteiger partial charge is 0.436 e. The third kappa shape index (κ3) is 3.56. The number of oxazole rings is 1. The zero-order valence-corrected chi connectivity index (χ0v) is 15.9. The lowest BCUT2D eigenvalue weighted by atomic mass is 10.0. The molecule has 0 aliphatic rings. The van der Waals surface area contributed by atoms with Crippen molar-refractivity contribution in [1.82, 2.24) is 9.97 Å². The average molecular weight is 391 g/mol. The fourth-order valence-electron chi connectivity index (χ4n) is 3.28. The van der Waals surface area contributed by atoms with E-state index in [1.54, 1.807) is 18.5 Å². The van der Waals surface area contributed by atoms with Gasteiger partial charge in [0.15, 0.2) is 5.58 Å². The summed E-state index contributed by atoms with van der Waals surface area (Å²) in [7, 11) is 0. The minimum absolute atomic E-state index is 0.173. The molecule has 0 aliphatic heterocycles. The Bertz CT molecular complexity index is 1290. The molecule has 5 rings (SSSR count). The first-order valence-electron chi connectivity index (χ1n) is 9.54. The molecule has 5 heteroatoms. The smallest absolute Gasteiger partial charge is 0.255 e. The fourth-order valence-corrected chi connectivity index (χ4v) is 3.28. The average Bonchev–Trinajstić information content (AvgIpc) is 3.24. The number of hydrogen-bond acceptors (Lipinski definition) is 4. The fraction of sp³-hybridized carbons (Fsp3) is 0. The van der Waals surface area contributed by atoms with Gasteiger partial charge in [-0.2, -0.15) is 0 Å². The number of hydrogen-bond donors (Lipinski definition) is 1. The molecule has 0 atom stereocenters. The van der Waals surface area contributed by atoms with Gasteiger partial charge in [0.05, 0.1) is 6.20 Å². The van der Waals surface area contributed by atoms with Gasteiger partial charge in [0.2, 0.25) is 5.89 Å². The quantitative estimate of drug-likeness (QED) is 0.420. The van der Waals surface area contributed by atoms with Gasteiger partial charge in [0.1, 0.15) is 5.52 Å². The topological polar surface area (TPSA) is 68.0 Å². The van der Waals surface area contributed by atoms with Crippen molar-refractivity contribution in [3.63, 3.8) is 0 Å². The number of amides is 1. The van der Waals surface area contributed by atoms with Crippen LogP contribution in [0.25, 0.3) is 33.7 Å². The van der Waals surface area contributed by atoms with Crippen molar-refractivity contribution in [2.45, 2.75) is 0 Å². The van der Waals surface area contributed by atoms with E-state index in [2.05, 4.69) is 15.3 Å². The highest BCUT2D eigenvalue weighted by Crippen LogP contribution is 2.26. The molecule has 3 aromatic carbocycles. The molecule has 5 aromatic rings. The lowest BCUT2D eigenvalue weighted by Gasteiger charge is -2.07. The van der Waals surface area contributed by atoms with E-state index in [4.69, 9.17) is 4.42 Å². The van der Waals surface area contributed by atoms with Crippen molar-refractivity contribution in [1.29, 1.82) is 0 Å². The lowest BCUT2D eigenvalue weighted by molar-refractivity contribution is 0.102. The van der Waals surface area contributed by atoms with E-state index in [-0.39, 0.29) is 5.91 Å². The van der Waals surface area contributed by atoms with Crippen molar-refractivity contribution in [3.8, 4) is 22.6 Å². The van der Waals surface area contributed by atoms with Crippen molar-refractivity contribution < 1.29 is 9.21 Å². The van der Waals surface area contributed by atoms with Crippen molar-refractivity contribution in [2.75, 3.05) is 5.32 Å². The Morgan fingerprint density at radius 1 is 0.800 bits per heavy atom. The lowest BCUT2D eigenvalue weighted by Crippen LogP contribution is -2.11. The predicted octanol–water partition coefficient (Wildman–Crippen LogP) is 5.81. The monoisotopic (exact) mass is 391 g/mol. The van der Waals surface area contributed by atoms with Gasteiger partial charge in [-0.25, -0.2) is 4.98 Å². The first kappa shape index (κ1) is 17.8. The molecular weight excluding hydrogens is 374 g/mol. The number of fused-ring (bicyclic) bond motifs is 1. The van der Waals surface area contributed by atoms with Crippen LogP contribution in [0.1, 0.15) is 10.4 Å². The van der Waals surface area contributed by atoms with Gasteiger partial charge in [-0.3, -0.25) is 9.78 Å². The van der Waals surface area contributed by atoms with Crippen LogP contribution in [-0.2, 0) is 0 Å². The Morgan fingerprint density at radius 3 is 2.37 bits per heavy atom. The van der Waals surface area contributed by atoms with Crippen LogP contribution in [-0.4, -0.2) is 15.9 Å². The Labute approximate surface area is 173 Å². The summed E-state index contributed by atoms with van der Waals surface area (Å²) in [6, 6.07) is 26.8. The number of pyridine rings is 1. The Morgan fingerprint density at radius 2 is 1.57 bits per heavy atom. The Hall–Kier alpha value is -4.25. The first-order chi connectivity index (χ1) is 14.8. The molecule has 2 aromatic heterocycles. The summed E-state index contributed by atoms with van der Waals surface area (Å²) >= 11 is 0. The third-order valence-corrected chi connectivity index (χ3v) is 4.81. The Kier molecular flexibility index (Phi) is 4.54. The molecule has 0 fully saturated rings. The molecule has 0 aliphatic carbocycles. The number of carbonyl (C=O) groups is 1. The van der Waals surface area contributed by atoms with Gasteiger partial charge >= 0.3 is 0 Å². The highest BCUT2D eigenvalue weighted by Gasteiger charge is 2.11. The number of nitrogens with one attached hydrogen (secondary N) is 1. The number of aromatic nitrogens is 2. The van der Waals surface area contributed by atoms with E-state index >= 15 is 0 Å². The zero-order chi connectivity index (χ0) is 20.3. The van der Waals surface area contributed by atoms with E-state index in [1.165, 1.54) is 0 Å². The van der Waals surface area contributed by atoms with Gasteiger partial charge < -0.3 is 9.73 Å². The van der Waals surface area contributed by atoms with Gasteiger partial charge in [-0.1, -0.05) is 48.5 Å². The number of nitrogens with zero attached hydrogens (tertiary/aromatic N) is 2. The predicted molar refractivity (Wildman–Crippen MR) is 117 cm³/mol. The van der Waals surface area contributed by atoms with Gasteiger partial charge in [0, 0.05) is 29.1 Å². The van der Waals surface area contributed by atoms with Gasteiger partial charge in [0.25, 0.3) is 5.91 Å². The van der Waals surface area contributed by atoms with Crippen molar-refractivity contribution in [2.24, 2.45) is 0 Å². The second-order valence-electron chi connectivity index (χ2n) is 6.84. The van der Waals surface area contributed by atoms with Crippen LogP contribution < -0.4 is 5.32 Å². The summed E-state index contributed by atoms with van der Waals surface area (Å²) in [6.07, 6.45) is 3.32. The first-order valence-corrected chi connectivity index (χ1v) is 9.54. The molecule has 1 N–H and O–H groups in total. The molecule has 0 unspecified atom stereocenters. The van der Waals surface area contributed by atoms with E-state index in [9.17, 15) is 4.79 Å². The number of benzene rings is 3. The molecule has 5 nitrogen and oxygen atoms in total. The number of anilines is 1. The van der Waals surface area contributed by atoms with E-state index in [0.717, 1.165) is 16.7 Å². The van der Waals surface area contributed by atoms with Crippen LogP contribution >= 0.6 is 0 Å². The van der Waals surface area contributed by atoms with E-state index in [1.807, 2.05) is 78.9 Å². The maximum atomic E-state index is 12.7. The molecule has 144 valence electrons. The molecular formula is C25H17N3O2. The minimum atomic E-state index is -0.173. The summed E-state index contributed by atoms with van der Waals surface area (Å²) in [5.41, 5.74) is 5.60. The molecule has 0 saturated heterocycles. The van der Waals surface area contributed by atoms with Crippen molar-refractivity contribution >= 4 is 22.7 Å². The van der Waals surface area contributed by atoms with Crippen molar-refractivity contribution in [3.05, 3.63) is 103 Å². The highest BCUT2D eigenvalue weighted by atomic mass is 16.3. The number of carbonyl (C=O) groups excluding carboxylic acids is 1. The number of rotatable bonds is 4. The third-order valence-electron chi connectivity index (χ3n) is 4.81. The summed E-state index contributed by atoms with van der Waals surface area (Å²) in [4.78, 5) is 21.2. The van der Waals surface area contributed by atoms with Crippen LogP contribution in [0.15, 0.2) is 102 Å². The molecule has 30 heavy (non-hydrogen) atoms. The standard InChI is InChI=1S/C25H17N3O2/c29-24(19-11-9-18(10-12-19)17-5-2-1-3-6-17)27-21-8-4-7-20(15-21)25-28-22-16-26-14-13-23(22)30-25/h1-16H,(H,27,29). The van der Waals surface area contributed by atoms with Crippen LogP contribution in [0, 0.1) is 0 Å². The van der Waals surface area contributed by atoms with Crippen LogP contribution in [0.4, 0.5) is 5.69 Å². The highest BCUT2D eigenvalue weighted by molar-refractivity contribution is 6.04.